The van der Waals surface area contributed by atoms with Crippen LogP contribution in [0.2, 0.25) is 0 Å². The number of amidine groups is 1. The highest BCUT2D eigenvalue weighted by atomic mass is 32.2. The van der Waals surface area contributed by atoms with Crippen molar-refractivity contribution >= 4 is 16.9 Å². The fourth-order valence-electron chi connectivity index (χ4n) is 2.24. The average molecular weight is 257 g/mol. The molecule has 0 radical (unpaired) electrons. The van der Waals surface area contributed by atoms with E-state index in [2.05, 4.69) is 29.1 Å². The van der Waals surface area contributed by atoms with Gasteiger partial charge in [-0.2, -0.15) is 0 Å². The van der Waals surface area contributed by atoms with Crippen LogP contribution in [0.25, 0.3) is 0 Å². The van der Waals surface area contributed by atoms with Crippen molar-refractivity contribution in [3.8, 4) is 0 Å². The molecule has 2 aliphatic heterocycles. The van der Waals surface area contributed by atoms with Gasteiger partial charge in [0.05, 0.1) is 19.8 Å². The summed E-state index contributed by atoms with van der Waals surface area (Å²) in [5.74, 6) is 0. The Bertz CT molecular complexity index is 254. The van der Waals surface area contributed by atoms with Gasteiger partial charge >= 0.3 is 0 Å². The molecule has 4 nitrogen and oxygen atoms in total. The zero-order valence-corrected chi connectivity index (χ0v) is 11.6. The zero-order chi connectivity index (χ0) is 12.1. The van der Waals surface area contributed by atoms with E-state index in [-0.39, 0.29) is 0 Å². The first-order valence-electron chi connectivity index (χ1n) is 6.52. The fourth-order valence-corrected chi connectivity index (χ4v) is 3.44. The van der Waals surface area contributed by atoms with Gasteiger partial charge in [-0.25, -0.2) is 0 Å². The quantitative estimate of drug-likeness (QED) is 0.824. The highest BCUT2D eigenvalue weighted by Crippen LogP contribution is 2.22. The van der Waals surface area contributed by atoms with E-state index in [9.17, 15) is 0 Å². The van der Waals surface area contributed by atoms with Crippen molar-refractivity contribution in [3.05, 3.63) is 0 Å². The third-order valence-corrected chi connectivity index (χ3v) is 4.21. The first-order valence-corrected chi connectivity index (χ1v) is 7.40. The lowest BCUT2D eigenvalue weighted by Crippen LogP contribution is -2.40. The highest BCUT2D eigenvalue weighted by Gasteiger charge is 2.19. The molecule has 2 rings (SSSR count). The molecule has 17 heavy (non-hydrogen) atoms. The van der Waals surface area contributed by atoms with Gasteiger partial charge in [-0.15, -0.1) is 0 Å². The molecule has 2 heterocycles. The van der Waals surface area contributed by atoms with Crippen molar-refractivity contribution in [2.45, 2.75) is 31.6 Å². The van der Waals surface area contributed by atoms with Crippen LogP contribution in [-0.2, 0) is 4.74 Å². The Morgan fingerprint density at radius 1 is 1.41 bits per heavy atom. The molecule has 2 saturated heterocycles. The predicted octanol–water partition coefficient (Wildman–Crippen LogP) is 1.18. The van der Waals surface area contributed by atoms with E-state index < -0.39 is 0 Å². The molecule has 98 valence electrons. The van der Waals surface area contributed by atoms with E-state index in [1.165, 1.54) is 6.42 Å². The first kappa shape index (κ1) is 13.2. The van der Waals surface area contributed by atoms with Crippen molar-refractivity contribution in [1.29, 1.82) is 0 Å². The number of nitrogens with zero attached hydrogens (tertiary/aromatic N) is 2. The van der Waals surface area contributed by atoms with Crippen LogP contribution in [0, 0.1) is 0 Å². The van der Waals surface area contributed by atoms with Crippen LogP contribution in [0.5, 0.6) is 0 Å². The maximum atomic E-state index is 5.33. The molecule has 0 aromatic carbocycles. The lowest BCUT2D eigenvalue weighted by molar-refractivity contribution is 0.0394. The Hall–Kier alpha value is -0.260. The van der Waals surface area contributed by atoms with Gasteiger partial charge in [-0.1, -0.05) is 18.7 Å². The molecule has 2 fully saturated rings. The molecular weight excluding hydrogens is 234 g/mol. The summed E-state index contributed by atoms with van der Waals surface area (Å²) in [7, 11) is 0. The van der Waals surface area contributed by atoms with Crippen LogP contribution < -0.4 is 5.32 Å². The van der Waals surface area contributed by atoms with Crippen LogP contribution in [0.4, 0.5) is 0 Å². The van der Waals surface area contributed by atoms with Crippen LogP contribution in [0.15, 0.2) is 4.99 Å². The summed E-state index contributed by atoms with van der Waals surface area (Å²) in [6, 6.07) is 0.563. The van der Waals surface area contributed by atoms with Gasteiger partial charge in [-0.3, -0.25) is 9.89 Å². The maximum absolute atomic E-state index is 5.33. The first-order chi connectivity index (χ1) is 8.24. The Labute approximate surface area is 108 Å². The van der Waals surface area contributed by atoms with Gasteiger partial charge in [0.2, 0.25) is 0 Å². The van der Waals surface area contributed by atoms with E-state index in [1.807, 2.05) is 11.8 Å². The minimum absolute atomic E-state index is 0.563. The lowest BCUT2D eigenvalue weighted by Gasteiger charge is -2.28. The monoisotopic (exact) mass is 257 g/mol. The highest BCUT2D eigenvalue weighted by molar-refractivity contribution is 8.14. The topological polar surface area (TPSA) is 36.9 Å². The Kier molecular flexibility index (Phi) is 5.13. The number of thioether (sulfide) groups is 1. The molecule has 2 atom stereocenters. The van der Waals surface area contributed by atoms with Gasteiger partial charge < -0.3 is 10.1 Å². The van der Waals surface area contributed by atoms with E-state index >= 15 is 0 Å². The number of nitrogens with one attached hydrogen (secondary N) is 1. The van der Waals surface area contributed by atoms with Crippen molar-refractivity contribution in [2.75, 3.05) is 39.4 Å². The largest absolute Gasteiger partial charge is 0.379 e. The molecule has 0 spiro atoms. The van der Waals surface area contributed by atoms with E-state index in [4.69, 9.17) is 4.74 Å². The van der Waals surface area contributed by atoms with E-state index in [0.29, 0.717) is 11.3 Å². The predicted molar refractivity (Wildman–Crippen MR) is 73.8 cm³/mol. The molecule has 0 amide bonds. The number of ether oxygens (including phenoxy) is 1. The summed E-state index contributed by atoms with van der Waals surface area (Å²) in [6.07, 6.45) is 1.23. The minimum atomic E-state index is 0.563. The second-order valence-corrected chi connectivity index (χ2v) is 6.28. The number of hydrogen-bond donors (Lipinski definition) is 1. The van der Waals surface area contributed by atoms with Crippen LogP contribution >= 0.6 is 11.8 Å². The van der Waals surface area contributed by atoms with Gasteiger partial charge in [0, 0.05) is 30.9 Å². The normalized spacial score (nSPS) is 33.6. The summed E-state index contributed by atoms with van der Waals surface area (Å²) in [4.78, 5) is 7.09. The SMILES string of the molecule is CC1CC(C)SC(=NCCN2CCOCC2)N1. The van der Waals surface area contributed by atoms with E-state index in [1.54, 1.807) is 0 Å². The molecule has 0 aliphatic carbocycles. The average Bonchev–Trinajstić information content (AvgIpc) is 2.29. The number of hydrogen-bond acceptors (Lipinski definition) is 4. The lowest BCUT2D eigenvalue weighted by atomic mass is 10.2. The number of aliphatic imine (C=N–C) groups is 1. The second-order valence-electron chi connectivity index (χ2n) is 4.85. The molecule has 5 heteroatoms. The molecule has 1 N–H and O–H groups in total. The minimum Gasteiger partial charge on any atom is -0.379 e. The molecule has 0 bridgehead atoms. The van der Waals surface area contributed by atoms with Gasteiger partial charge in [0.1, 0.15) is 0 Å². The maximum Gasteiger partial charge on any atom is 0.157 e. The van der Waals surface area contributed by atoms with E-state index in [0.717, 1.165) is 44.6 Å². The van der Waals surface area contributed by atoms with Crippen LogP contribution in [0.3, 0.4) is 0 Å². The second kappa shape index (κ2) is 6.61. The van der Waals surface area contributed by atoms with Crippen molar-refractivity contribution < 1.29 is 4.74 Å². The Balaban J connectivity index is 1.71. The third-order valence-electron chi connectivity index (χ3n) is 3.14. The third kappa shape index (κ3) is 4.48. The summed E-state index contributed by atoms with van der Waals surface area (Å²) in [6.45, 7) is 10.3. The summed E-state index contributed by atoms with van der Waals surface area (Å²) in [5, 5.41) is 5.27. The molecule has 0 aromatic rings. The fraction of sp³-hybridized carbons (Fsp3) is 0.917. The van der Waals surface area contributed by atoms with Gasteiger partial charge in [0.15, 0.2) is 5.17 Å². The van der Waals surface area contributed by atoms with Crippen molar-refractivity contribution in [2.24, 2.45) is 4.99 Å². The summed E-state index contributed by atoms with van der Waals surface area (Å²) >= 11 is 1.87. The van der Waals surface area contributed by atoms with Crippen LogP contribution in [0.1, 0.15) is 20.3 Å². The molecular formula is C12H23N3OS. The molecule has 0 aromatic heterocycles. The molecule has 2 aliphatic rings. The standard InChI is InChI=1S/C12H23N3OS/c1-10-9-11(2)17-12(14-10)13-3-4-15-5-7-16-8-6-15/h10-11H,3-9H2,1-2H3,(H,13,14). The summed E-state index contributed by atoms with van der Waals surface area (Å²) < 4.78 is 5.33. The number of morpholine rings is 1. The van der Waals surface area contributed by atoms with Crippen molar-refractivity contribution in [1.82, 2.24) is 10.2 Å². The molecule has 0 saturated carbocycles. The Morgan fingerprint density at radius 2 is 2.18 bits per heavy atom. The van der Waals surface area contributed by atoms with Crippen molar-refractivity contribution in [3.63, 3.8) is 0 Å². The van der Waals surface area contributed by atoms with Gasteiger partial charge in [0.25, 0.3) is 0 Å². The smallest absolute Gasteiger partial charge is 0.157 e. The molecule has 2 unspecified atom stereocenters. The van der Waals surface area contributed by atoms with Crippen LogP contribution in [-0.4, -0.2) is 60.8 Å². The zero-order valence-electron chi connectivity index (χ0n) is 10.8. The number of rotatable bonds is 3. The van der Waals surface area contributed by atoms with Gasteiger partial charge in [-0.05, 0) is 13.3 Å². The Morgan fingerprint density at radius 3 is 2.88 bits per heavy atom. The summed E-state index contributed by atoms with van der Waals surface area (Å²) in [5.41, 5.74) is 0.